The summed E-state index contributed by atoms with van der Waals surface area (Å²) in [5.41, 5.74) is 1.62. The van der Waals surface area contributed by atoms with Gasteiger partial charge in [-0.3, -0.25) is 14.2 Å². The molecule has 1 aromatic heterocycles. The first-order chi connectivity index (χ1) is 15.2. The summed E-state index contributed by atoms with van der Waals surface area (Å²) in [6.07, 6.45) is -0.805. The summed E-state index contributed by atoms with van der Waals surface area (Å²) in [5, 5.41) is 13.5. The van der Waals surface area contributed by atoms with Crippen molar-refractivity contribution in [2.45, 2.75) is 31.7 Å². The monoisotopic (exact) mass is 475 g/mol. The summed E-state index contributed by atoms with van der Waals surface area (Å²) >= 11 is 7.21. The number of anilines is 1. The number of ether oxygens (including phenoxy) is 1. The second-order valence-corrected chi connectivity index (χ2v) is 8.55. The van der Waals surface area contributed by atoms with Gasteiger partial charge in [-0.25, -0.2) is 9.78 Å². The number of rotatable bonds is 7. The second kappa shape index (κ2) is 10.2. The SMILES string of the molecule is COC(=O)c1ccc2c(=O)n(C[C@H](C)O)c(SCC(=O)Nc3ccc(C)cc3Cl)nc2c1. The first-order valence-electron chi connectivity index (χ1n) is 9.69. The number of hydrogen-bond donors (Lipinski definition) is 2. The molecule has 168 valence electrons. The Labute approximate surface area is 193 Å². The summed E-state index contributed by atoms with van der Waals surface area (Å²) in [6, 6.07) is 9.73. The van der Waals surface area contributed by atoms with E-state index >= 15 is 0 Å². The zero-order chi connectivity index (χ0) is 23.4. The van der Waals surface area contributed by atoms with E-state index in [9.17, 15) is 19.5 Å². The largest absolute Gasteiger partial charge is 0.465 e. The van der Waals surface area contributed by atoms with Crippen LogP contribution in [0.25, 0.3) is 10.9 Å². The number of thioether (sulfide) groups is 1. The Morgan fingerprint density at radius 1 is 1.28 bits per heavy atom. The zero-order valence-electron chi connectivity index (χ0n) is 17.7. The number of halogens is 1. The molecule has 0 aliphatic heterocycles. The van der Waals surface area contributed by atoms with Crippen LogP contribution >= 0.6 is 23.4 Å². The fourth-order valence-electron chi connectivity index (χ4n) is 3.02. The van der Waals surface area contributed by atoms with Crippen LogP contribution in [0.4, 0.5) is 5.69 Å². The van der Waals surface area contributed by atoms with Crippen LogP contribution in [-0.4, -0.2) is 45.5 Å². The van der Waals surface area contributed by atoms with Crippen LogP contribution < -0.4 is 10.9 Å². The Balaban J connectivity index is 1.91. The molecule has 1 heterocycles. The van der Waals surface area contributed by atoms with Gasteiger partial charge >= 0.3 is 5.97 Å². The average Bonchev–Trinajstić information content (AvgIpc) is 2.75. The molecule has 3 aromatic rings. The number of aliphatic hydroxyl groups excluding tert-OH is 1. The van der Waals surface area contributed by atoms with Gasteiger partial charge in [0, 0.05) is 0 Å². The predicted octanol–water partition coefficient (Wildman–Crippen LogP) is 3.26. The molecule has 0 saturated heterocycles. The number of amides is 1. The highest BCUT2D eigenvalue weighted by atomic mass is 35.5. The smallest absolute Gasteiger partial charge is 0.337 e. The van der Waals surface area contributed by atoms with E-state index in [-0.39, 0.29) is 34.5 Å². The molecule has 0 unspecified atom stereocenters. The number of aromatic nitrogens is 2. The van der Waals surface area contributed by atoms with E-state index in [0.29, 0.717) is 21.6 Å². The van der Waals surface area contributed by atoms with E-state index in [2.05, 4.69) is 10.3 Å². The van der Waals surface area contributed by atoms with Gasteiger partial charge in [0.1, 0.15) is 0 Å². The summed E-state index contributed by atoms with van der Waals surface area (Å²) < 4.78 is 6.04. The Morgan fingerprint density at radius 3 is 2.69 bits per heavy atom. The quantitative estimate of drug-likeness (QED) is 0.306. The number of methoxy groups -OCH3 is 1. The number of carbonyl (C=O) groups excluding carboxylic acids is 2. The molecule has 0 aliphatic rings. The van der Waals surface area contributed by atoms with Crippen molar-refractivity contribution >= 4 is 51.8 Å². The van der Waals surface area contributed by atoms with Crippen LogP contribution in [0.5, 0.6) is 0 Å². The summed E-state index contributed by atoms with van der Waals surface area (Å²) in [6.45, 7) is 3.46. The van der Waals surface area contributed by atoms with Gasteiger partial charge in [-0.2, -0.15) is 0 Å². The van der Waals surface area contributed by atoms with Crippen molar-refractivity contribution in [1.82, 2.24) is 9.55 Å². The molecular formula is C22H22ClN3O5S. The number of carbonyl (C=O) groups is 2. The van der Waals surface area contributed by atoms with Crippen LogP contribution in [0.2, 0.25) is 5.02 Å². The third kappa shape index (κ3) is 5.48. The van der Waals surface area contributed by atoms with E-state index in [1.54, 1.807) is 19.1 Å². The van der Waals surface area contributed by atoms with Crippen molar-refractivity contribution in [2.75, 3.05) is 18.2 Å². The molecule has 8 nitrogen and oxygen atoms in total. The Hall–Kier alpha value is -2.88. The summed E-state index contributed by atoms with van der Waals surface area (Å²) in [7, 11) is 1.26. The van der Waals surface area contributed by atoms with Gasteiger partial charge in [-0.1, -0.05) is 29.4 Å². The third-order valence-corrected chi connectivity index (χ3v) is 5.81. The molecule has 0 aliphatic carbocycles. The minimum atomic E-state index is -0.805. The number of fused-ring (bicyclic) bond motifs is 1. The summed E-state index contributed by atoms with van der Waals surface area (Å²) in [4.78, 5) is 41.8. The second-order valence-electron chi connectivity index (χ2n) is 7.20. The first-order valence-corrected chi connectivity index (χ1v) is 11.1. The normalized spacial score (nSPS) is 11.9. The molecule has 2 N–H and O–H groups in total. The van der Waals surface area contributed by atoms with Crippen molar-refractivity contribution in [3.8, 4) is 0 Å². The zero-order valence-corrected chi connectivity index (χ0v) is 19.3. The van der Waals surface area contributed by atoms with Crippen molar-refractivity contribution in [1.29, 1.82) is 0 Å². The maximum Gasteiger partial charge on any atom is 0.337 e. The highest BCUT2D eigenvalue weighted by Gasteiger charge is 2.17. The van der Waals surface area contributed by atoms with Crippen LogP contribution in [0.3, 0.4) is 0 Å². The molecule has 0 bridgehead atoms. The Morgan fingerprint density at radius 2 is 2.03 bits per heavy atom. The first kappa shape index (κ1) is 23.8. The number of benzene rings is 2. The third-order valence-electron chi connectivity index (χ3n) is 4.52. The molecule has 1 atom stereocenters. The highest BCUT2D eigenvalue weighted by molar-refractivity contribution is 7.99. The lowest BCUT2D eigenvalue weighted by Gasteiger charge is -2.15. The van der Waals surface area contributed by atoms with Gasteiger partial charge < -0.3 is 15.2 Å². The number of nitrogens with one attached hydrogen (secondary N) is 1. The van der Waals surface area contributed by atoms with Crippen LogP contribution in [0, 0.1) is 6.92 Å². The van der Waals surface area contributed by atoms with Crippen molar-refractivity contribution in [3.63, 3.8) is 0 Å². The van der Waals surface area contributed by atoms with Crippen molar-refractivity contribution in [3.05, 3.63) is 62.9 Å². The fraction of sp³-hybridized carbons (Fsp3) is 0.273. The van der Waals surface area contributed by atoms with E-state index in [0.717, 1.165) is 17.3 Å². The average molecular weight is 476 g/mol. The van der Waals surface area contributed by atoms with Crippen molar-refractivity contribution < 1.29 is 19.4 Å². The lowest BCUT2D eigenvalue weighted by molar-refractivity contribution is -0.113. The van der Waals surface area contributed by atoms with E-state index in [1.807, 2.05) is 13.0 Å². The number of esters is 1. The number of hydrogen-bond acceptors (Lipinski definition) is 7. The topological polar surface area (TPSA) is 111 Å². The number of aliphatic hydroxyl groups is 1. The Kier molecular flexibility index (Phi) is 7.55. The van der Waals surface area contributed by atoms with Gasteiger partial charge in [-0.15, -0.1) is 0 Å². The minimum absolute atomic E-state index is 0.00820. The van der Waals surface area contributed by atoms with Gasteiger partial charge in [0.05, 0.1) is 52.7 Å². The molecule has 32 heavy (non-hydrogen) atoms. The van der Waals surface area contributed by atoms with Crippen LogP contribution in [0.1, 0.15) is 22.8 Å². The molecule has 0 fully saturated rings. The molecule has 3 rings (SSSR count). The van der Waals surface area contributed by atoms with Gasteiger partial charge in [0.25, 0.3) is 5.56 Å². The molecule has 2 aromatic carbocycles. The van der Waals surface area contributed by atoms with Crippen LogP contribution in [0.15, 0.2) is 46.3 Å². The standard InChI is InChI=1S/C22H22ClN3O5S/c1-12-4-7-17(16(23)8-12)24-19(28)11-32-22-25-18-9-14(21(30)31-3)5-6-15(18)20(29)26(22)10-13(2)27/h4-9,13,27H,10-11H2,1-3H3,(H,24,28)/t13-/m0/s1. The molecule has 0 spiro atoms. The minimum Gasteiger partial charge on any atom is -0.465 e. The maximum atomic E-state index is 13.0. The van der Waals surface area contributed by atoms with Crippen molar-refractivity contribution in [2.24, 2.45) is 0 Å². The lowest BCUT2D eigenvalue weighted by atomic mass is 10.1. The molecule has 0 saturated carbocycles. The molecular weight excluding hydrogens is 454 g/mol. The van der Waals surface area contributed by atoms with E-state index in [4.69, 9.17) is 16.3 Å². The molecule has 0 radical (unpaired) electrons. The number of aryl methyl sites for hydroxylation is 1. The van der Waals surface area contributed by atoms with E-state index in [1.165, 1.54) is 29.9 Å². The number of nitrogens with zero attached hydrogens (tertiary/aromatic N) is 2. The van der Waals surface area contributed by atoms with Gasteiger partial charge in [-0.05, 0) is 49.7 Å². The fourth-order valence-corrected chi connectivity index (χ4v) is 4.11. The highest BCUT2D eigenvalue weighted by Crippen LogP contribution is 2.24. The lowest BCUT2D eigenvalue weighted by Crippen LogP contribution is -2.28. The predicted molar refractivity (Wildman–Crippen MR) is 125 cm³/mol. The maximum absolute atomic E-state index is 13.0. The molecule has 1 amide bonds. The Bertz CT molecular complexity index is 1240. The van der Waals surface area contributed by atoms with E-state index < -0.39 is 12.1 Å². The molecule has 10 heteroatoms. The van der Waals surface area contributed by atoms with Gasteiger partial charge in [0.15, 0.2) is 5.16 Å². The van der Waals surface area contributed by atoms with Gasteiger partial charge in [0.2, 0.25) is 5.91 Å². The van der Waals surface area contributed by atoms with Crippen LogP contribution in [-0.2, 0) is 16.1 Å². The summed E-state index contributed by atoms with van der Waals surface area (Å²) in [5.74, 6) is -0.925.